The van der Waals surface area contributed by atoms with E-state index in [1.165, 1.54) is 51.6 Å². The van der Waals surface area contributed by atoms with Gasteiger partial charge in [-0.2, -0.15) is 0 Å². The molecule has 4 unspecified atom stereocenters. The summed E-state index contributed by atoms with van der Waals surface area (Å²) in [6, 6.07) is 0. The lowest BCUT2D eigenvalue weighted by molar-refractivity contribution is -0.00563. The standard InChI is InChI=1S/C20H44N2O/c1-17(13-15-21(5)6)9-11-19(3)23-20(4)12-10-18(2)14-16-22(7)8/h17-20H,9-16H2,1-8H3. The van der Waals surface area contributed by atoms with Crippen molar-refractivity contribution in [2.24, 2.45) is 11.8 Å². The van der Waals surface area contributed by atoms with Crippen molar-refractivity contribution in [3.63, 3.8) is 0 Å². The second-order valence-electron chi connectivity index (χ2n) is 8.31. The van der Waals surface area contributed by atoms with Crippen LogP contribution in [0.25, 0.3) is 0 Å². The number of hydrogen-bond acceptors (Lipinski definition) is 3. The average Bonchev–Trinajstić information content (AvgIpc) is 2.46. The van der Waals surface area contributed by atoms with E-state index in [0.29, 0.717) is 12.2 Å². The van der Waals surface area contributed by atoms with Gasteiger partial charge in [0.1, 0.15) is 0 Å². The third kappa shape index (κ3) is 15.2. The van der Waals surface area contributed by atoms with Crippen molar-refractivity contribution in [2.75, 3.05) is 41.3 Å². The molecule has 4 atom stereocenters. The quantitative estimate of drug-likeness (QED) is 0.466. The highest BCUT2D eigenvalue weighted by molar-refractivity contribution is 4.63. The molecule has 0 saturated heterocycles. The van der Waals surface area contributed by atoms with Gasteiger partial charge < -0.3 is 14.5 Å². The van der Waals surface area contributed by atoms with Crippen LogP contribution in [0, 0.1) is 11.8 Å². The molecule has 0 spiro atoms. The molecule has 0 rings (SSSR count). The zero-order valence-corrected chi connectivity index (χ0v) is 17.3. The Morgan fingerprint density at radius 1 is 0.565 bits per heavy atom. The Morgan fingerprint density at radius 2 is 0.913 bits per heavy atom. The molecule has 0 heterocycles. The summed E-state index contributed by atoms with van der Waals surface area (Å²) in [7, 11) is 8.61. The largest absolute Gasteiger partial charge is 0.376 e. The molecule has 3 heteroatoms. The van der Waals surface area contributed by atoms with Crippen LogP contribution in [0.2, 0.25) is 0 Å². The van der Waals surface area contributed by atoms with Gasteiger partial charge in [0.2, 0.25) is 0 Å². The highest BCUT2D eigenvalue weighted by atomic mass is 16.5. The fraction of sp³-hybridized carbons (Fsp3) is 1.00. The summed E-state index contributed by atoms with van der Waals surface area (Å²) >= 11 is 0. The van der Waals surface area contributed by atoms with Gasteiger partial charge >= 0.3 is 0 Å². The topological polar surface area (TPSA) is 15.7 Å². The van der Waals surface area contributed by atoms with Crippen LogP contribution in [0.15, 0.2) is 0 Å². The Bertz CT molecular complexity index is 242. The van der Waals surface area contributed by atoms with Crippen LogP contribution in [0.1, 0.15) is 66.2 Å². The first-order valence-electron chi connectivity index (χ1n) is 9.65. The van der Waals surface area contributed by atoms with Gasteiger partial charge in [-0.3, -0.25) is 0 Å². The van der Waals surface area contributed by atoms with E-state index >= 15 is 0 Å². The molecule has 23 heavy (non-hydrogen) atoms. The van der Waals surface area contributed by atoms with Crippen LogP contribution in [0.3, 0.4) is 0 Å². The predicted octanol–water partition coefficient (Wildman–Crippen LogP) is 4.52. The molecule has 0 bridgehead atoms. The number of ether oxygens (including phenoxy) is 1. The molecule has 0 saturated carbocycles. The summed E-state index contributed by atoms with van der Waals surface area (Å²) in [6.07, 6.45) is 8.30. The summed E-state index contributed by atoms with van der Waals surface area (Å²) in [5.41, 5.74) is 0. The van der Waals surface area contributed by atoms with E-state index in [0.717, 1.165) is 11.8 Å². The summed E-state index contributed by atoms with van der Waals surface area (Å²) < 4.78 is 6.18. The zero-order valence-electron chi connectivity index (χ0n) is 17.3. The van der Waals surface area contributed by atoms with Gasteiger partial charge in [-0.05, 0) is 105 Å². The van der Waals surface area contributed by atoms with Crippen LogP contribution in [-0.2, 0) is 4.74 Å². The summed E-state index contributed by atoms with van der Waals surface area (Å²) in [4.78, 5) is 4.55. The molecular weight excluding hydrogens is 284 g/mol. The Hall–Kier alpha value is -0.120. The van der Waals surface area contributed by atoms with Crippen LogP contribution in [0.5, 0.6) is 0 Å². The maximum atomic E-state index is 6.18. The van der Waals surface area contributed by atoms with Gasteiger partial charge in [-0.15, -0.1) is 0 Å². The molecule has 0 aliphatic rings. The van der Waals surface area contributed by atoms with Gasteiger partial charge in [0.25, 0.3) is 0 Å². The summed E-state index contributed by atoms with van der Waals surface area (Å²) in [5, 5.41) is 0. The molecular formula is C20H44N2O. The van der Waals surface area contributed by atoms with Gasteiger partial charge in [-0.25, -0.2) is 0 Å². The van der Waals surface area contributed by atoms with Crippen LogP contribution >= 0.6 is 0 Å². The monoisotopic (exact) mass is 328 g/mol. The SMILES string of the molecule is CC(CCC(C)OC(C)CCC(C)CCN(C)C)CCN(C)C. The molecule has 0 aliphatic carbocycles. The first-order valence-corrected chi connectivity index (χ1v) is 9.65. The minimum absolute atomic E-state index is 0.392. The van der Waals surface area contributed by atoms with E-state index in [2.05, 4.69) is 65.7 Å². The lowest BCUT2D eigenvalue weighted by atomic mass is 9.98. The zero-order chi connectivity index (χ0) is 17.8. The van der Waals surface area contributed by atoms with Crippen molar-refractivity contribution < 1.29 is 4.74 Å². The van der Waals surface area contributed by atoms with E-state index < -0.39 is 0 Å². The third-order valence-electron chi connectivity index (χ3n) is 4.73. The third-order valence-corrected chi connectivity index (χ3v) is 4.73. The number of nitrogens with zero attached hydrogens (tertiary/aromatic N) is 2. The van der Waals surface area contributed by atoms with Crippen LogP contribution in [-0.4, -0.2) is 63.3 Å². The Labute approximate surface area is 146 Å². The first kappa shape index (κ1) is 22.9. The van der Waals surface area contributed by atoms with Crippen LogP contribution in [0.4, 0.5) is 0 Å². The highest BCUT2D eigenvalue weighted by Crippen LogP contribution is 2.18. The second-order valence-corrected chi connectivity index (χ2v) is 8.31. The van der Waals surface area contributed by atoms with E-state index in [1.807, 2.05) is 0 Å². The maximum absolute atomic E-state index is 6.18. The van der Waals surface area contributed by atoms with Gasteiger partial charge in [0.05, 0.1) is 12.2 Å². The molecule has 0 radical (unpaired) electrons. The van der Waals surface area contributed by atoms with Crippen molar-refractivity contribution in [3.8, 4) is 0 Å². The van der Waals surface area contributed by atoms with E-state index in [9.17, 15) is 0 Å². The summed E-state index contributed by atoms with van der Waals surface area (Å²) in [5.74, 6) is 1.59. The number of rotatable bonds is 14. The molecule has 140 valence electrons. The average molecular weight is 329 g/mol. The molecule has 0 amide bonds. The normalized spacial score (nSPS) is 17.5. The van der Waals surface area contributed by atoms with Crippen molar-refractivity contribution in [1.82, 2.24) is 9.80 Å². The second kappa shape index (κ2) is 13.2. The minimum Gasteiger partial charge on any atom is -0.376 e. The van der Waals surface area contributed by atoms with Gasteiger partial charge in [0, 0.05) is 0 Å². The fourth-order valence-corrected chi connectivity index (χ4v) is 2.82. The fourth-order valence-electron chi connectivity index (χ4n) is 2.82. The lowest BCUT2D eigenvalue weighted by Gasteiger charge is -2.22. The van der Waals surface area contributed by atoms with E-state index in [4.69, 9.17) is 4.74 Å². The van der Waals surface area contributed by atoms with Gasteiger partial charge in [-0.1, -0.05) is 13.8 Å². The molecule has 3 nitrogen and oxygen atoms in total. The first-order chi connectivity index (χ1) is 10.7. The predicted molar refractivity (Wildman–Crippen MR) is 103 cm³/mol. The van der Waals surface area contributed by atoms with Crippen molar-refractivity contribution in [1.29, 1.82) is 0 Å². The highest BCUT2D eigenvalue weighted by Gasteiger charge is 2.12. The van der Waals surface area contributed by atoms with Gasteiger partial charge in [0.15, 0.2) is 0 Å². The van der Waals surface area contributed by atoms with E-state index in [-0.39, 0.29) is 0 Å². The number of hydrogen-bond donors (Lipinski definition) is 0. The minimum atomic E-state index is 0.392. The van der Waals surface area contributed by atoms with Crippen molar-refractivity contribution in [2.45, 2.75) is 78.4 Å². The molecule has 0 aromatic heterocycles. The lowest BCUT2D eigenvalue weighted by Crippen LogP contribution is -2.20. The Morgan fingerprint density at radius 3 is 1.22 bits per heavy atom. The molecule has 0 aromatic rings. The Balaban J connectivity index is 3.74. The van der Waals surface area contributed by atoms with Crippen molar-refractivity contribution >= 4 is 0 Å². The summed E-state index contributed by atoms with van der Waals surface area (Å²) in [6.45, 7) is 11.6. The van der Waals surface area contributed by atoms with Crippen LogP contribution < -0.4 is 0 Å². The van der Waals surface area contributed by atoms with E-state index in [1.54, 1.807) is 0 Å². The maximum Gasteiger partial charge on any atom is 0.0550 e. The van der Waals surface area contributed by atoms with Crippen molar-refractivity contribution in [3.05, 3.63) is 0 Å². The Kier molecular flexibility index (Phi) is 13.1. The molecule has 0 aliphatic heterocycles. The molecule has 0 fully saturated rings. The molecule has 0 aromatic carbocycles. The molecule has 0 N–H and O–H groups in total. The smallest absolute Gasteiger partial charge is 0.0550 e.